The molecule has 3 rings (SSSR count). The van der Waals surface area contributed by atoms with Crippen LogP contribution in [0.1, 0.15) is 28.8 Å². The van der Waals surface area contributed by atoms with Crippen LogP contribution >= 0.6 is 0 Å². The SMILES string of the molecule is O=C(O)C1CCN(C(=O)c2ccc(OCCc3ccccc3)cc2)CC1. The molecule has 1 aliphatic rings. The summed E-state index contributed by atoms with van der Waals surface area (Å²) < 4.78 is 5.74. The monoisotopic (exact) mass is 353 g/mol. The zero-order chi connectivity index (χ0) is 18.4. The first kappa shape index (κ1) is 18.0. The number of rotatable bonds is 6. The van der Waals surface area contributed by atoms with Gasteiger partial charge < -0.3 is 14.7 Å². The Bertz CT molecular complexity index is 734. The number of hydrogen-bond acceptors (Lipinski definition) is 3. The van der Waals surface area contributed by atoms with Crippen molar-refractivity contribution in [3.63, 3.8) is 0 Å². The topological polar surface area (TPSA) is 66.8 Å². The molecule has 0 aliphatic carbocycles. The molecule has 2 aromatic rings. The second-order valence-corrected chi connectivity index (χ2v) is 6.51. The lowest BCUT2D eigenvalue weighted by Gasteiger charge is -2.30. The summed E-state index contributed by atoms with van der Waals surface area (Å²) in [5, 5.41) is 9.04. The van der Waals surface area contributed by atoms with Crippen molar-refractivity contribution in [1.82, 2.24) is 4.90 Å². The summed E-state index contributed by atoms with van der Waals surface area (Å²) in [6, 6.07) is 17.3. The van der Waals surface area contributed by atoms with Gasteiger partial charge in [0.05, 0.1) is 12.5 Å². The maximum atomic E-state index is 12.5. The number of nitrogens with zero attached hydrogens (tertiary/aromatic N) is 1. The summed E-state index contributed by atoms with van der Waals surface area (Å²) in [7, 11) is 0. The Morgan fingerprint density at radius 3 is 2.27 bits per heavy atom. The van der Waals surface area contributed by atoms with Crippen LogP contribution in [0.15, 0.2) is 54.6 Å². The number of carbonyl (C=O) groups excluding carboxylic acids is 1. The van der Waals surface area contributed by atoms with E-state index in [2.05, 4.69) is 12.1 Å². The molecule has 5 nitrogen and oxygen atoms in total. The van der Waals surface area contributed by atoms with Crippen LogP contribution in [0.4, 0.5) is 0 Å². The standard InChI is InChI=1S/C21H23NO4/c23-20(22-13-10-18(11-14-22)21(24)25)17-6-8-19(9-7-17)26-15-12-16-4-2-1-3-5-16/h1-9,18H,10-15H2,(H,24,25). The van der Waals surface area contributed by atoms with E-state index in [9.17, 15) is 9.59 Å². The van der Waals surface area contributed by atoms with Gasteiger partial charge in [0.15, 0.2) is 0 Å². The Morgan fingerprint density at radius 2 is 1.65 bits per heavy atom. The van der Waals surface area contributed by atoms with Gasteiger partial charge in [-0.05, 0) is 42.7 Å². The molecule has 1 heterocycles. The molecule has 2 aromatic carbocycles. The van der Waals surface area contributed by atoms with Gasteiger partial charge in [0, 0.05) is 25.1 Å². The van der Waals surface area contributed by atoms with Crippen LogP contribution in [0, 0.1) is 5.92 Å². The number of carboxylic acid groups (broad SMARTS) is 1. The maximum absolute atomic E-state index is 12.5. The van der Waals surface area contributed by atoms with Crippen molar-refractivity contribution in [3.8, 4) is 5.75 Å². The van der Waals surface area contributed by atoms with Crippen molar-refractivity contribution in [2.75, 3.05) is 19.7 Å². The summed E-state index contributed by atoms with van der Waals surface area (Å²) in [5.41, 5.74) is 1.83. The Morgan fingerprint density at radius 1 is 1.00 bits per heavy atom. The molecule has 0 unspecified atom stereocenters. The Balaban J connectivity index is 1.49. The lowest BCUT2D eigenvalue weighted by atomic mass is 9.96. The molecule has 1 fully saturated rings. The summed E-state index contributed by atoms with van der Waals surface area (Å²) >= 11 is 0. The van der Waals surface area contributed by atoms with Gasteiger partial charge in [0.2, 0.25) is 0 Å². The van der Waals surface area contributed by atoms with E-state index < -0.39 is 5.97 Å². The maximum Gasteiger partial charge on any atom is 0.306 e. The minimum absolute atomic E-state index is 0.0512. The largest absolute Gasteiger partial charge is 0.493 e. The zero-order valence-corrected chi connectivity index (χ0v) is 14.6. The number of amides is 1. The highest BCUT2D eigenvalue weighted by molar-refractivity contribution is 5.94. The van der Waals surface area contributed by atoms with E-state index in [1.807, 2.05) is 30.3 Å². The number of aliphatic carboxylic acids is 1. The molecule has 1 aliphatic heterocycles. The minimum atomic E-state index is -0.769. The normalized spacial score (nSPS) is 14.8. The summed E-state index contributed by atoms with van der Waals surface area (Å²) in [5.74, 6) is -0.416. The van der Waals surface area contributed by atoms with Gasteiger partial charge in [0.1, 0.15) is 5.75 Å². The fourth-order valence-electron chi connectivity index (χ4n) is 3.14. The number of carboxylic acids is 1. The van der Waals surface area contributed by atoms with Crippen molar-refractivity contribution < 1.29 is 19.4 Å². The average molecular weight is 353 g/mol. The fourth-order valence-corrected chi connectivity index (χ4v) is 3.14. The van der Waals surface area contributed by atoms with Crippen LogP contribution < -0.4 is 4.74 Å². The first-order chi connectivity index (χ1) is 12.6. The third kappa shape index (κ3) is 4.63. The quantitative estimate of drug-likeness (QED) is 0.866. The zero-order valence-electron chi connectivity index (χ0n) is 14.6. The van der Waals surface area contributed by atoms with Gasteiger partial charge in [-0.15, -0.1) is 0 Å². The molecule has 0 bridgehead atoms. The van der Waals surface area contributed by atoms with E-state index in [0.717, 1.165) is 12.2 Å². The van der Waals surface area contributed by atoms with Crippen molar-refractivity contribution in [2.24, 2.45) is 5.92 Å². The lowest BCUT2D eigenvalue weighted by molar-refractivity contribution is -0.143. The van der Waals surface area contributed by atoms with Crippen LogP contribution in [0.3, 0.4) is 0 Å². The lowest BCUT2D eigenvalue weighted by Crippen LogP contribution is -2.40. The number of hydrogen-bond donors (Lipinski definition) is 1. The van der Waals surface area contributed by atoms with E-state index in [-0.39, 0.29) is 11.8 Å². The highest BCUT2D eigenvalue weighted by Gasteiger charge is 2.27. The molecule has 136 valence electrons. The van der Waals surface area contributed by atoms with Crippen LogP contribution in [-0.2, 0) is 11.2 Å². The molecule has 1 N–H and O–H groups in total. The molecule has 26 heavy (non-hydrogen) atoms. The second-order valence-electron chi connectivity index (χ2n) is 6.51. The van der Waals surface area contributed by atoms with Gasteiger partial charge in [-0.3, -0.25) is 9.59 Å². The Hall–Kier alpha value is -2.82. The van der Waals surface area contributed by atoms with Crippen molar-refractivity contribution in [2.45, 2.75) is 19.3 Å². The van der Waals surface area contributed by atoms with E-state index in [0.29, 0.717) is 38.1 Å². The van der Waals surface area contributed by atoms with E-state index in [1.54, 1.807) is 17.0 Å². The predicted molar refractivity (Wildman–Crippen MR) is 98.3 cm³/mol. The number of piperidine rings is 1. The minimum Gasteiger partial charge on any atom is -0.493 e. The summed E-state index contributed by atoms with van der Waals surface area (Å²) in [6.07, 6.45) is 1.86. The molecule has 0 saturated carbocycles. The molecular weight excluding hydrogens is 330 g/mol. The van der Waals surface area contributed by atoms with Gasteiger partial charge in [0.25, 0.3) is 5.91 Å². The van der Waals surface area contributed by atoms with Crippen molar-refractivity contribution in [1.29, 1.82) is 0 Å². The van der Waals surface area contributed by atoms with Crippen LogP contribution in [0.5, 0.6) is 5.75 Å². The highest BCUT2D eigenvalue weighted by atomic mass is 16.5. The number of likely N-dealkylation sites (tertiary alicyclic amines) is 1. The van der Waals surface area contributed by atoms with Crippen LogP contribution in [0.2, 0.25) is 0 Å². The third-order valence-electron chi connectivity index (χ3n) is 4.73. The van der Waals surface area contributed by atoms with Gasteiger partial charge in [-0.1, -0.05) is 30.3 Å². The summed E-state index contributed by atoms with van der Waals surface area (Å²) in [6.45, 7) is 1.57. The van der Waals surface area contributed by atoms with E-state index in [1.165, 1.54) is 5.56 Å². The Labute approximate surface area is 153 Å². The molecule has 0 atom stereocenters. The van der Waals surface area contributed by atoms with Crippen LogP contribution in [0.25, 0.3) is 0 Å². The third-order valence-corrected chi connectivity index (χ3v) is 4.73. The molecule has 0 aromatic heterocycles. The van der Waals surface area contributed by atoms with E-state index in [4.69, 9.17) is 9.84 Å². The summed E-state index contributed by atoms with van der Waals surface area (Å²) in [4.78, 5) is 25.2. The predicted octanol–water partition coefficient (Wildman–Crippen LogP) is 3.24. The Kier molecular flexibility index (Phi) is 5.89. The van der Waals surface area contributed by atoms with Gasteiger partial charge in [-0.2, -0.15) is 0 Å². The number of carbonyl (C=O) groups is 2. The van der Waals surface area contributed by atoms with Gasteiger partial charge >= 0.3 is 5.97 Å². The van der Waals surface area contributed by atoms with Gasteiger partial charge in [-0.25, -0.2) is 0 Å². The van der Waals surface area contributed by atoms with Crippen LogP contribution in [-0.4, -0.2) is 41.6 Å². The molecule has 0 spiro atoms. The highest BCUT2D eigenvalue weighted by Crippen LogP contribution is 2.20. The van der Waals surface area contributed by atoms with E-state index >= 15 is 0 Å². The molecule has 1 saturated heterocycles. The first-order valence-corrected chi connectivity index (χ1v) is 8.92. The molecule has 5 heteroatoms. The smallest absolute Gasteiger partial charge is 0.306 e. The second kappa shape index (κ2) is 8.52. The number of ether oxygens (including phenoxy) is 1. The number of benzene rings is 2. The van der Waals surface area contributed by atoms with Crippen molar-refractivity contribution in [3.05, 3.63) is 65.7 Å². The average Bonchev–Trinajstić information content (AvgIpc) is 2.69. The first-order valence-electron chi connectivity index (χ1n) is 8.92. The molecule has 1 amide bonds. The molecule has 0 radical (unpaired) electrons. The molecular formula is C21H23NO4. The fraction of sp³-hybridized carbons (Fsp3) is 0.333. The van der Waals surface area contributed by atoms with Crippen molar-refractivity contribution >= 4 is 11.9 Å².